The lowest BCUT2D eigenvalue weighted by Crippen LogP contribution is -2.36. The number of methoxy groups -OCH3 is 1. The highest BCUT2D eigenvalue weighted by molar-refractivity contribution is 9.10. The molecule has 0 radical (unpaired) electrons. The Labute approximate surface area is 230 Å². The summed E-state index contributed by atoms with van der Waals surface area (Å²) in [6, 6.07) is 13.9. The number of fused-ring (bicyclic) bond motifs is 1. The zero-order valence-corrected chi connectivity index (χ0v) is 22.3. The van der Waals surface area contributed by atoms with Crippen molar-refractivity contribution in [2.75, 3.05) is 25.8 Å². The van der Waals surface area contributed by atoms with Gasteiger partial charge < -0.3 is 24.3 Å². The monoisotopic (exact) mass is 597 g/mol. The molecule has 10 nitrogen and oxygen atoms in total. The summed E-state index contributed by atoms with van der Waals surface area (Å²) in [6.07, 6.45) is 3.25. The van der Waals surface area contributed by atoms with Gasteiger partial charge in [-0.3, -0.25) is 24.3 Å². The predicted molar refractivity (Wildman–Crippen MR) is 143 cm³/mol. The minimum absolute atomic E-state index is 0.110. The van der Waals surface area contributed by atoms with E-state index in [0.717, 1.165) is 22.4 Å². The van der Waals surface area contributed by atoms with Crippen LogP contribution in [0.25, 0.3) is 6.08 Å². The number of anilines is 1. The number of rotatable bonds is 8. The van der Waals surface area contributed by atoms with Gasteiger partial charge in [0.2, 0.25) is 12.7 Å². The second-order valence-electron chi connectivity index (χ2n) is 8.03. The SMILES string of the molecule is COc1cc(/C=C2/SC(=O)N(CC(=O)Nc3ccc4c(c3)OCO4)C2=O)cc(Br)c1OCc1ccccn1. The summed E-state index contributed by atoms with van der Waals surface area (Å²) >= 11 is 4.25. The van der Waals surface area contributed by atoms with Gasteiger partial charge in [0, 0.05) is 18.0 Å². The van der Waals surface area contributed by atoms with Gasteiger partial charge in [-0.05, 0) is 75.7 Å². The van der Waals surface area contributed by atoms with Crippen molar-refractivity contribution >= 4 is 56.5 Å². The van der Waals surface area contributed by atoms with Crippen molar-refractivity contribution in [3.63, 3.8) is 0 Å². The number of nitrogens with one attached hydrogen (secondary N) is 1. The van der Waals surface area contributed by atoms with Crippen molar-refractivity contribution in [2.45, 2.75) is 6.61 Å². The average Bonchev–Trinajstić information content (AvgIpc) is 3.48. The lowest BCUT2D eigenvalue weighted by molar-refractivity contribution is -0.127. The number of carbonyl (C=O) groups is 3. The summed E-state index contributed by atoms with van der Waals surface area (Å²) in [5, 5.41) is 2.13. The van der Waals surface area contributed by atoms with Crippen LogP contribution in [0.3, 0.4) is 0 Å². The highest BCUT2D eigenvalue weighted by Gasteiger charge is 2.36. The van der Waals surface area contributed by atoms with Crippen LogP contribution in [0.1, 0.15) is 11.3 Å². The first-order valence-electron chi connectivity index (χ1n) is 11.3. The van der Waals surface area contributed by atoms with Crippen LogP contribution < -0.4 is 24.3 Å². The van der Waals surface area contributed by atoms with Crippen LogP contribution in [-0.4, -0.2) is 47.4 Å². The molecule has 0 spiro atoms. The van der Waals surface area contributed by atoms with Crippen molar-refractivity contribution in [3.05, 3.63) is 75.4 Å². The number of nitrogens with zero attached hydrogens (tertiary/aromatic N) is 2. The summed E-state index contributed by atoms with van der Waals surface area (Å²) in [5.74, 6) is 0.909. The summed E-state index contributed by atoms with van der Waals surface area (Å²) in [6.45, 7) is -0.0780. The van der Waals surface area contributed by atoms with Gasteiger partial charge in [0.05, 0.1) is 22.2 Å². The molecule has 1 saturated heterocycles. The minimum Gasteiger partial charge on any atom is -0.493 e. The molecule has 0 atom stereocenters. The van der Waals surface area contributed by atoms with E-state index in [4.69, 9.17) is 18.9 Å². The molecule has 1 N–H and O–H groups in total. The Balaban J connectivity index is 1.27. The van der Waals surface area contributed by atoms with E-state index in [0.29, 0.717) is 38.7 Å². The number of hydrogen-bond acceptors (Lipinski definition) is 9. The largest absolute Gasteiger partial charge is 0.493 e. The van der Waals surface area contributed by atoms with Crippen molar-refractivity contribution in [1.29, 1.82) is 0 Å². The second-order valence-corrected chi connectivity index (χ2v) is 9.88. The Morgan fingerprint density at radius 1 is 1.18 bits per heavy atom. The molecule has 1 aromatic heterocycles. The number of benzene rings is 2. The molecule has 5 rings (SSSR count). The molecular weight excluding hydrogens is 578 g/mol. The fourth-order valence-corrected chi connectivity index (χ4v) is 5.11. The normalized spacial score (nSPS) is 15.2. The van der Waals surface area contributed by atoms with Crippen LogP contribution in [0.15, 0.2) is 64.1 Å². The van der Waals surface area contributed by atoms with E-state index in [2.05, 4.69) is 26.2 Å². The minimum atomic E-state index is -0.564. The van der Waals surface area contributed by atoms with E-state index in [9.17, 15) is 14.4 Å². The highest BCUT2D eigenvalue weighted by atomic mass is 79.9. The van der Waals surface area contributed by atoms with Gasteiger partial charge in [-0.2, -0.15) is 0 Å². The van der Waals surface area contributed by atoms with Gasteiger partial charge in [-0.25, -0.2) is 0 Å². The van der Waals surface area contributed by atoms with Crippen molar-refractivity contribution < 1.29 is 33.3 Å². The molecule has 1 fully saturated rings. The van der Waals surface area contributed by atoms with Crippen molar-refractivity contribution in [3.8, 4) is 23.0 Å². The number of ether oxygens (including phenoxy) is 4. The molecular formula is C26H20BrN3O7S. The molecule has 12 heteroatoms. The quantitative estimate of drug-likeness (QED) is 0.364. The van der Waals surface area contributed by atoms with E-state index < -0.39 is 23.6 Å². The maximum absolute atomic E-state index is 13.0. The van der Waals surface area contributed by atoms with Gasteiger partial charge in [-0.15, -0.1) is 0 Å². The van der Waals surface area contributed by atoms with E-state index in [1.54, 1.807) is 42.6 Å². The number of imide groups is 1. The Morgan fingerprint density at radius 3 is 2.82 bits per heavy atom. The molecule has 0 saturated carbocycles. The first kappa shape index (κ1) is 25.6. The van der Waals surface area contributed by atoms with Crippen molar-refractivity contribution in [1.82, 2.24) is 9.88 Å². The molecule has 3 heterocycles. The van der Waals surface area contributed by atoms with Gasteiger partial charge in [0.15, 0.2) is 23.0 Å². The molecule has 2 aromatic carbocycles. The smallest absolute Gasteiger partial charge is 0.294 e. The summed E-state index contributed by atoms with van der Waals surface area (Å²) in [4.78, 5) is 43.4. The number of pyridine rings is 1. The molecule has 0 bridgehead atoms. The second kappa shape index (κ2) is 11.2. The van der Waals surface area contributed by atoms with Gasteiger partial charge >= 0.3 is 0 Å². The number of hydrogen-bond donors (Lipinski definition) is 1. The third kappa shape index (κ3) is 5.60. The maximum atomic E-state index is 13.0. The van der Waals surface area contributed by atoms with Crippen LogP contribution in [0.2, 0.25) is 0 Å². The molecule has 2 aliphatic heterocycles. The Morgan fingerprint density at radius 2 is 2.03 bits per heavy atom. The number of thioether (sulfide) groups is 1. The Kier molecular flexibility index (Phi) is 7.52. The fraction of sp³-hybridized carbons (Fsp3) is 0.154. The third-order valence-corrected chi connectivity index (χ3v) is 6.97. The number of halogens is 1. The first-order chi connectivity index (χ1) is 18.4. The van der Waals surface area contributed by atoms with E-state index in [1.165, 1.54) is 7.11 Å². The van der Waals surface area contributed by atoms with Gasteiger partial charge in [0.25, 0.3) is 11.1 Å². The lowest BCUT2D eigenvalue weighted by Gasteiger charge is -2.14. The van der Waals surface area contributed by atoms with Crippen LogP contribution >= 0.6 is 27.7 Å². The Hall–Kier alpha value is -4.03. The zero-order chi connectivity index (χ0) is 26.6. The first-order valence-corrected chi connectivity index (χ1v) is 12.9. The van der Waals surface area contributed by atoms with Crippen LogP contribution in [-0.2, 0) is 16.2 Å². The molecule has 194 valence electrons. The van der Waals surface area contributed by atoms with Crippen LogP contribution in [0.5, 0.6) is 23.0 Å². The topological polar surface area (TPSA) is 116 Å². The molecule has 3 aromatic rings. The molecule has 3 amide bonds. The van der Waals surface area contributed by atoms with E-state index >= 15 is 0 Å². The molecule has 38 heavy (non-hydrogen) atoms. The molecule has 2 aliphatic rings. The number of carbonyl (C=O) groups excluding carboxylic acids is 3. The number of aromatic nitrogens is 1. The lowest BCUT2D eigenvalue weighted by atomic mass is 10.2. The van der Waals surface area contributed by atoms with E-state index in [-0.39, 0.29) is 18.3 Å². The van der Waals surface area contributed by atoms with Gasteiger partial charge in [0.1, 0.15) is 13.2 Å². The zero-order valence-electron chi connectivity index (χ0n) is 19.9. The van der Waals surface area contributed by atoms with Gasteiger partial charge in [-0.1, -0.05) is 6.07 Å². The third-order valence-electron chi connectivity index (χ3n) is 5.47. The van der Waals surface area contributed by atoms with Crippen LogP contribution in [0, 0.1) is 0 Å². The predicted octanol–water partition coefficient (Wildman–Crippen LogP) is 4.84. The summed E-state index contributed by atoms with van der Waals surface area (Å²) in [5.41, 5.74) is 1.82. The fourth-order valence-electron chi connectivity index (χ4n) is 3.70. The standard InChI is InChI=1S/C26H20BrN3O7S/c1-34-21-9-15(8-18(27)24(21)35-13-17-4-2-3-7-28-17)10-22-25(32)30(26(33)38-22)12-23(31)29-16-5-6-19-20(11-16)37-14-36-19/h2-11H,12-14H2,1H3,(H,29,31)/b22-10+. The van der Waals surface area contributed by atoms with Crippen LogP contribution in [0.4, 0.5) is 10.5 Å². The van der Waals surface area contributed by atoms with Crippen molar-refractivity contribution in [2.24, 2.45) is 0 Å². The summed E-state index contributed by atoms with van der Waals surface area (Å²) < 4.78 is 22.5. The summed E-state index contributed by atoms with van der Waals surface area (Å²) in [7, 11) is 1.51. The highest BCUT2D eigenvalue weighted by Crippen LogP contribution is 2.39. The molecule has 0 aliphatic carbocycles. The maximum Gasteiger partial charge on any atom is 0.294 e. The number of amides is 3. The molecule has 0 unspecified atom stereocenters. The average molecular weight is 598 g/mol. The van der Waals surface area contributed by atoms with E-state index in [1.807, 2.05) is 18.2 Å². The Bertz CT molecular complexity index is 1450.